The fourth-order valence-electron chi connectivity index (χ4n) is 4.25. The van der Waals surface area contributed by atoms with Gasteiger partial charge >= 0.3 is 169 Å². The standard InChI is InChI=1S/C24H54ClO3PSi/c1-7-8-9-10-11-12-13-14-15-16-17-18-19-20-22-29(5,6,25)23-21-24-30(26-2,27-3)28-4/h7-24H2,1-6H3. The van der Waals surface area contributed by atoms with Gasteiger partial charge in [0.1, 0.15) is 0 Å². The first-order valence-corrected chi connectivity index (χ1v) is 18.9. The molecule has 0 rings (SSSR count). The molecular weight excluding hydrogens is 431 g/mol. The number of rotatable bonds is 22. The summed E-state index contributed by atoms with van der Waals surface area (Å²) >= 11 is 7.12. The predicted octanol–water partition coefficient (Wildman–Crippen LogP) is 8.70. The molecule has 0 aliphatic carbocycles. The van der Waals surface area contributed by atoms with Gasteiger partial charge in [0.05, 0.1) is 0 Å². The van der Waals surface area contributed by atoms with E-state index in [9.17, 15) is 0 Å². The molecule has 0 spiro atoms. The van der Waals surface area contributed by atoms with Crippen molar-refractivity contribution in [3.63, 3.8) is 0 Å². The summed E-state index contributed by atoms with van der Waals surface area (Å²) in [7, 11) is 2.60. The SMILES string of the molecule is CCCCCCCCCCCCCCCCP(C)(C)(Cl)CCC[Si](OC)(OC)OC. The summed E-state index contributed by atoms with van der Waals surface area (Å²) < 4.78 is 16.6. The number of halogens is 1. The first-order valence-electron chi connectivity index (χ1n) is 12.6. The third-order valence-corrected chi connectivity index (χ3v) is 13.7. The van der Waals surface area contributed by atoms with Crippen LogP contribution in [0.4, 0.5) is 0 Å². The van der Waals surface area contributed by atoms with Crippen molar-refractivity contribution in [1.82, 2.24) is 0 Å². The van der Waals surface area contributed by atoms with Crippen LogP contribution in [0.2, 0.25) is 6.04 Å². The molecule has 0 amide bonds. The molecule has 0 aromatic rings. The van der Waals surface area contributed by atoms with Crippen LogP contribution in [0.25, 0.3) is 0 Å². The van der Waals surface area contributed by atoms with Crippen LogP contribution in [0.5, 0.6) is 0 Å². The summed E-state index contributed by atoms with van der Waals surface area (Å²) in [5, 5.41) is 0. The van der Waals surface area contributed by atoms with Gasteiger partial charge in [-0.1, -0.05) is 26.2 Å². The van der Waals surface area contributed by atoms with Gasteiger partial charge in [-0.15, -0.1) is 0 Å². The van der Waals surface area contributed by atoms with Gasteiger partial charge in [-0.3, -0.25) is 0 Å². The van der Waals surface area contributed by atoms with Crippen molar-refractivity contribution in [3.05, 3.63) is 0 Å². The maximum atomic E-state index is 7.12. The molecule has 0 radical (unpaired) electrons. The van der Waals surface area contributed by atoms with Gasteiger partial charge in [0, 0.05) is 0 Å². The Morgan fingerprint density at radius 1 is 0.567 bits per heavy atom. The second-order valence-electron chi connectivity index (χ2n) is 9.96. The quantitative estimate of drug-likeness (QED) is 0.0873. The van der Waals surface area contributed by atoms with Gasteiger partial charge in [-0.25, -0.2) is 0 Å². The van der Waals surface area contributed by atoms with E-state index in [4.69, 9.17) is 24.5 Å². The Kier molecular flexibility index (Phi) is 17.8. The van der Waals surface area contributed by atoms with Crippen molar-refractivity contribution >= 4 is 26.0 Å². The van der Waals surface area contributed by atoms with Crippen molar-refractivity contribution in [3.8, 4) is 0 Å². The van der Waals surface area contributed by atoms with Gasteiger partial charge in [0.15, 0.2) is 0 Å². The molecule has 0 aliphatic rings. The summed E-state index contributed by atoms with van der Waals surface area (Å²) in [4.78, 5) is 0. The van der Waals surface area contributed by atoms with E-state index in [1.807, 2.05) is 0 Å². The van der Waals surface area contributed by atoms with Crippen molar-refractivity contribution in [2.24, 2.45) is 0 Å². The normalized spacial score (nSPS) is 14.0. The van der Waals surface area contributed by atoms with E-state index in [1.54, 1.807) is 21.3 Å². The third kappa shape index (κ3) is 16.5. The van der Waals surface area contributed by atoms with Crippen molar-refractivity contribution < 1.29 is 13.3 Å². The van der Waals surface area contributed by atoms with E-state index in [2.05, 4.69) is 20.3 Å². The second kappa shape index (κ2) is 17.3. The zero-order valence-corrected chi connectivity index (χ0v) is 23.9. The van der Waals surface area contributed by atoms with Crippen LogP contribution in [0.1, 0.15) is 103 Å². The summed E-state index contributed by atoms with van der Waals surface area (Å²) in [6.45, 7) is 6.94. The zero-order valence-electron chi connectivity index (χ0n) is 21.3. The van der Waals surface area contributed by atoms with E-state index < -0.39 is 14.8 Å². The van der Waals surface area contributed by atoms with Gasteiger partial charge in [-0.05, 0) is 0 Å². The Morgan fingerprint density at radius 2 is 0.900 bits per heavy atom. The summed E-state index contributed by atoms with van der Waals surface area (Å²) in [6.07, 6.45) is 22.9. The van der Waals surface area contributed by atoms with Gasteiger partial charge in [-0.2, -0.15) is 0 Å². The van der Waals surface area contributed by atoms with E-state index in [0.717, 1.165) is 18.6 Å². The van der Waals surface area contributed by atoms with Gasteiger partial charge in [0.2, 0.25) is 0 Å². The Bertz CT molecular complexity index is 389. The average molecular weight is 485 g/mol. The average Bonchev–Trinajstić information content (AvgIpc) is 2.71. The van der Waals surface area contributed by atoms with Crippen LogP contribution >= 0.6 is 17.2 Å². The van der Waals surface area contributed by atoms with Crippen molar-refractivity contribution in [2.45, 2.75) is 109 Å². The Hall–Kier alpha value is 0.817. The van der Waals surface area contributed by atoms with Crippen LogP contribution in [0.3, 0.4) is 0 Å². The fourth-order valence-corrected chi connectivity index (χ4v) is 9.54. The van der Waals surface area contributed by atoms with Crippen LogP contribution in [-0.2, 0) is 13.3 Å². The number of hydrogen-bond donors (Lipinski definition) is 0. The van der Waals surface area contributed by atoms with Crippen LogP contribution in [-0.4, -0.2) is 55.8 Å². The van der Waals surface area contributed by atoms with E-state index in [-0.39, 0.29) is 0 Å². The molecule has 30 heavy (non-hydrogen) atoms. The molecule has 6 heteroatoms. The van der Waals surface area contributed by atoms with Crippen LogP contribution < -0.4 is 0 Å². The topological polar surface area (TPSA) is 27.7 Å². The minimum atomic E-state index is -2.46. The molecule has 0 saturated carbocycles. The van der Waals surface area contributed by atoms with Gasteiger partial charge in [0.25, 0.3) is 0 Å². The van der Waals surface area contributed by atoms with E-state index >= 15 is 0 Å². The molecule has 0 aromatic heterocycles. The van der Waals surface area contributed by atoms with Crippen molar-refractivity contribution in [2.75, 3.05) is 47.0 Å². The van der Waals surface area contributed by atoms with Crippen molar-refractivity contribution in [1.29, 1.82) is 0 Å². The molecule has 0 bridgehead atoms. The molecule has 0 unspecified atom stereocenters. The van der Waals surface area contributed by atoms with Gasteiger partial charge < -0.3 is 0 Å². The Labute approximate surface area is 195 Å². The molecule has 0 atom stereocenters. The van der Waals surface area contributed by atoms with Crippen LogP contribution in [0, 0.1) is 0 Å². The maximum absolute atomic E-state index is 7.12. The molecule has 3 nitrogen and oxygen atoms in total. The molecule has 0 aliphatic heterocycles. The third-order valence-electron chi connectivity index (χ3n) is 6.47. The molecule has 0 heterocycles. The molecule has 0 saturated heterocycles. The monoisotopic (exact) mass is 484 g/mol. The Morgan fingerprint density at radius 3 is 1.27 bits per heavy atom. The van der Waals surface area contributed by atoms with Crippen LogP contribution in [0.15, 0.2) is 0 Å². The number of unbranched alkanes of at least 4 members (excludes halogenated alkanes) is 13. The first kappa shape index (κ1) is 30.8. The first-order chi connectivity index (χ1) is 14.2. The summed E-state index contributed by atoms with van der Waals surface area (Å²) in [5.74, 6) is -2.09. The summed E-state index contributed by atoms with van der Waals surface area (Å²) in [5.41, 5.74) is 0. The molecular formula is C24H54ClO3PSi. The zero-order chi connectivity index (χ0) is 22.8. The Balaban J connectivity index is 3.71. The molecule has 0 aromatic carbocycles. The fraction of sp³-hybridized carbons (Fsp3) is 1.00. The predicted molar refractivity (Wildman–Crippen MR) is 141 cm³/mol. The number of hydrogen-bond acceptors (Lipinski definition) is 3. The molecule has 184 valence electrons. The molecule has 0 fully saturated rings. The van der Waals surface area contributed by atoms with E-state index in [1.165, 1.54) is 96.1 Å². The minimum absolute atomic E-state index is 0.849. The second-order valence-corrected chi connectivity index (χ2v) is 22.4. The molecule has 0 N–H and O–H groups in total. The van der Waals surface area contributed by atoms with E-state index in [0.29, 0.717) is 0 Å². The summed E-state index contributed by atoms with van der Waals surface area (Å²) in [6, 6.07) is 0.849.